The van der Waals surface area contributed by atoms with Crippen molar-refractivity contribution < 1.29 is 17.9 Å². The van der Waals surface area contributed by atoms with Gasteiger partial charge in [-0.05, 0) is 24.5 Å². The van der Waals surface area contributed by atoms with Gasteiger partial charge in [0.25, 0.3) is 0 Å². The summed E-state index contributed by atoms with van der Waals surface area (Å²) in [4.78, 5) is 4.54. The van der Waals surface area contributed by atoms with E-state index in [-0.39, 0.29) is 17.6 Å². The van der Waals surface area contributed by atoms with Gasteiger partial charge in [-0.2, -0.15) is 0 Å². The maximum atomic E-state index is 12.8. The van der Waals surface area contributed by atoms with Gasteiger partial charge in [-0.25, -0.2) is 17.7 Å². The Kier molecular flexibility index (Phi) is 3.73. The number of benzene rings is 1. The first kappa shape index (κ1) is 15.5. The Labute approximate surface area is 140 Å². The average Bonchev–Trinajstić information content (AvgIpc) is 3.22. The molecule has 2 aromatic rings. The Hall–Kier alpha value is -2.06. The first-order chi connectivity index (χ1) is 11.5. The van der Waals surface area contributed by atoms with Gasteiger partial charge >= 0.3 is 0 Å². The third-order valence-electron chi connectivity index (χ3n) is 4.60. The van der Waals surface area contributed by atoms with Crippen LogP contribution in [0.4, 0.5) is 0 Å². The van der Waals surface area contributed by atoms with Gasteiger partial charge in [0, 0.05) is 45.0 Å². The molecule has 8 heteroatoms. The highest BCUT2D eigenvalue weighted by Gasteiger charge is 2.28. The minimum absolute atomic E-state index is 0.129. The maximum Gasteiger partial charge on any atom is 0.242 e. The molecule has 1 aromatic heterocycles. The monoisotopic (exact) mass is 349 g/mol. The van der Waals surface area contributed by atoms with Gasteiger partial charge in [-0.1, -0.05) is 0 Å². The third kappa shape index (κ3) is 2.65. The molecule has 1 aromatic carbocycles. The molecule has 0 fully saturated rings. The van der Waals surface area contributed by atoms with Crippen LogP contribution in [-0.2, 0) is 23.0 Å². The van der Waals surface area contributed by atoms with E-state index in [1.54, 1.807) is 25.4 Å². The zero-order valence-corrected chi connectivity index (χ0v) is 14.2. The fourth-order valence-corrected chi connectivity index (χ4v) is 4.53. The van der Waals surface area contributed by atoms with Crippen molar-refractivity contribution >= 4 is 10.0 Å². The Bertz CT molecular complexity index is 862. The highest BCUT2D eigenvalue weighted by molar-refractivity contribution is 7.89. The second kappa shape index (κ2) is 5.78. The molecule has 4 rings (SSSR count). The average molecular weight is 349 g/mol. The first-order valence-corrected chi connectivity index (χ1v) is 9.34. The number of ether oxygens (including phenoxy) is 2. The van der Waals surface area contributed by atoms with E-state index in [0.29, 0.717) is 18.0 Å². The SMILES string of the molecule is CN(C[C@@H]1CCc2nccn2C1)S(=O)(=O)c1ccc2c(c1)OCO2. The van der Waals surface area contributed by atoms with E-state index in [1.807, 2.05) is 6.20 Å². The lowest BCUT2D eigenvalue weighted by atomic mass is 10.00. The van der Waals surface area contributed by atoms with E-state index < -0.39 is 10.0 Å². The smallest absolute Gasteiger partial charge is 0.242 e. The van der Waals surface area contributed by atoms with Crippen LogP contribution in [0.25, 0.3) is 0 Å². The number of imidazole rings is 1. The highest BCUT2D eigenvalue weighted by Crippen LogP contribution is 2.34. The van der Waals surface area contributed by atoms with Crippen molar-refractivity contribution in [2.45, 2.75) is 24.3 Å². The van der Waals surface area contributed by atoms with E-state index in [9.17, 15) is 8.42 Å². The quantitative estimate of drug-likeness (QED) is 0.836. The van der Waals surface area contributed by atoms with Gasteiger partial charge in [0.15, 0.2) is 11.5 Å². The Balaban J connectivity index is 1.50. The van der Waals surface area contributed by atoms with Crippen LogP contribution in [0.2, 0.25) is 0 Å². The van der Waals surface area contributed by atoms with E-state index in [2.05, 4.69) is 9.55 Å². The lowest BCUT2D eigenvalue weighted by Crippen LogP contribution is -2.35. The lowest BCUT2D eigenvalue weighted by Gasteiger charge is -2.27. The summed E-state index contributed by atoms with van der Waals surface area (Å²) >= 11 is 0. The molecule has 0 unspecified atom stereocenters. The number of hydrogen-bond acceptors (Lipinski definition) is 5. The van der Waals surface area contributed by atoms with Crippen molar-refractivity contribution in [3.8, 4) is 11.5 Å². The minimum Gasteiger partial charge on any atom is -0.454 e. The molecule has 0 radical (unpaired) electrons. The van der Waals surface area contributed by atoms with Crippen LogP contribution >= 0.6 is 0 Å². The maximum absolute atomic E-state index is 12.8. The number of aryl methyl sites for hydroxylation is 1. The highest BCUT2D eigenvalue weighted by atomic mass is 32.2. The molecule has 0 saturated heterocycles. The predicted octanol–water partition coefficient (Wildman–Crippen LogP) is 1.49. The minimum atomic E-state index is -3.55. The number of nitrogens with zero attached hydrogens (tertiary/aromatic N) is 3. The molecule has 2 aliphatic rings. The second-order valence-electron chi connectivity index (χ2n) is 6.20. The molecular formula is C16H19N3O4S. The summed E-state index contributed by atoms with van der Waals surface area (Å²) in [5.41, 5.74) is 0. The molecule has 0 spiro atoms. The molecular weight excluding hydrogens is 330 g/mol. The molecule has 7 nitrogen and oxygen atoms in total. The van der Waals surface area contributed by atoms with Crippen LogP contribution in [0.1, 0.15) is 12.2 Å². The van der Waals surface area contributed by atoms with Gasteiger partial charge in [-0.3, -0.25) is 0 Å². The fraction of sp³-hybridized carbons (Fsp3) is 0.438. The predicted molar refractivity (Wildman–Crippen MR) is 86.4 cm³/mol. The normalized spacial score (nSPS) is 19.5. The number of rotatable bonds is 4. The number of sulfonamides is 1. The topological polar surface area (TPSA) is 73.7 Å². The standard InChI is InChI=1S/C16H19N3O4S/c1-18(9-12-2-5-16-17-6-7-19(16)10-12)24(20,21)13-3-4-14-15(8-13)23-11-22-14/h3-4,6-8,12H,2,5,9-11H2,1H3/t12-/m0/s1. The van der Waals surface area contributed by atoms with Crippen LogP contribution in [0.15, 0.2) is 35.5 Å². The van der Waals surface area contributed by atoms with Crippen molar-refractivity contribution in [3.63, 3.8) is 0 Å². The first-order valence-electron chi connectivity index (χ1n) is 7.90. The molecule has 0 aliphatic carbocycles. The van der Waals surface area contributed by atoms with Crippen molar-refractivity contribution in [2.75, 3.05) is 20.4 Å². The summed E-state index contributed by atoms with van der Waals surface area (Å²) < 4.78 is 39.7. The van der Waals surface area contributed by atoms with E-state index in [4.69, 9.17) is 9.47 Å². The summed E-state index contributed by atoms with van der Waals surface area (Å²) in [7, 11) is -1.92. The Morgan fingerprint density at radius 3 is 3.04 bits per heavy atom. The van der Waals surface area contributed by atoms with Crippen LogP contribution in [0.3, 0.4) is 0 Å². The summed E-state index contributed by atoms with van der Waals surface area (Å²) in [5, 5.41) is 0. The zero-order chi connectivity index (χ0) is 16.7. The van der Waals surface area contributed by atoms with Crippen LogP contribution in [-0.4, -0.2) is 42.7 Å². The molecule has 0 N–H and O–H groups in total. The number of fused-ring (bicyclic) bond motifs is 2. The molecule has 0 amide bonds. The largest absolute Gasteiger partial charge is 0.454 e. The van der Waals surface area contributed by atoms with Crippen molar-refractivity contribution in [1.82, 2.24) is 13.9 Å². The lowest BCUT2D eigenvalue weighted by molar-refractivity contribution is 0.174. The molecule has 2 aliphatic heterocycles. The Morgan fingerprint density at radius 1 is 1.33 bits per heavy atom. The molecule has 1 atom stereocenters. The number of hydrogen-bond donors (Lipinski definition) is 0. The van der Waals surface area contributed by atoms with Gasteiger partial charge in [0.1, 0.15) is 5.82 Å². The molecule has 128 valence electrons. The van der Waals surface area contributed by atoms with Gasteiger partial charge in [-0.15, -0.1) is 0 Å². The summed E-state index contributed by atoms with van der Waals surface area (Å²) in [6, 6.07) is 4.73. The Morgan fingerprint density at radius 2 is 2.17 bits per heavy atom. The van der Waals surface area contributed by atoms with Crippen LogP contribution < -0.4 is 9.47 Å². The van der Waals surface area contributed by atoms with Gasteiger partial charge < -0.3 is 14.0 Å². The second-order valence-corrected chi connectivity index (χ2v) is 8.25. The van der Waals surface area contributed by atoms with E-state index in [1.165, 1.54) is 10.4 Å². The summed E-state index contributed by atoms with van der Waals surface area (Å²) in [6.45, 7) is 1.41. The summed E-state index contributed by atoms with van der Waals surface area (Å²) in [5.74, 6) is 2.41. The summed E-state index contributed by atoms with van der Waals surface area (Å²) in [6.07, 6.45) is 5.58. The molecule has 3 heterocycles. The van der Waals surface area contributed by atoms with Crippen LogP contribution in [0.5, 0.6) is 11.5 Å². The molecule has 0 bridgehead atoms. The van der Waals surface area contributed by atoms with Crippen LogP contribution in [0, 0.1) is 5.92 Å². The van der Waals surface area contributed by atoms with Gasteiger partial charge in [0.2, 0.25) is 16.8 Å². The molecule has 24 heavy (non-hydrogen) atoms. The fourth-order valence-electron chi connectivity index (χ4n) is 3.27. The third-order valence-corrected chi connectivity index (χ3v) is 6.42. The van der Waals surface area contributed by atoms with Crippen molar-refractivity contribution in [2.24, 2.45) is 5.92 Å². The molecule has 0 saturated carbocycles. The number of aromatic nitrogens is 2. The van der Waals surface area contributed by atoms with E-state index >= 15 is 0 Å². The van der Waals surface area contributed by atoms with Crippen molar-refractivity contribution in [1.29, 1.82) is 0 Å². The van der Waals surface area contributed by atoms with Gasteiger partial charge in [0.05, 0.1) is 4.90 Å². The zero-order valence-electron chi connectivity index (χ0n) is 13.4. The van der Waals surface area contributed by atoms with Crippen molar-refractivity contribution in [3.05, 3.63) is 36.4 Å². The van der Waals surface area contributed by atoms with E-state index in [0.717, 1.165) is 25.2 Å².